The number of benzene rings is 2. The van der Waals surface area contributed by atoms with Crippen molar-refractivity contribution in [3.8, 4) is 5.75 Å². The Kier molecular flexibility index (Phi) is 5.09. The average molecular weight is 392 g/mol. The van der Waals surface area contributed by atoms with Gasteiger partial charge in [-0.25, -0.2) is 4.79 Å². The Morgan fingerprint density at radius 1 is 1.07 bits per heavy atom. The molecule has 2 aromatic carbocycles. The molecular formula is C23H24N2O4. The molecule has 2 aromatic rings. The summed E-state index contributed by atoms with van der Waals surface area (Å²) >= 11 is 0. The third kappa shape index (κ3) is 3.62. The first-order valence-electron chi connectivity index (χ1n) is 10.0. The summed E-state index contributed by atoms with van der Waals surface area (Å²) < 4.78 is 5.95. The number of rotatable bonds is 4. The van der Waals surface area contributed by atoms with E-state index in [9.17, 15) is 14.4 Å². The molecule has 1 heterocycles. The van der Waals surface area contributed by atoms with Crippen LogP contribution in [0.25, 0.3) is 16.8 Å². The van der Waals surface area contributed by atoms with Crippen molar-refractivity contribution in [3.05, 3.63) is 47.5 Å². The van der Waals surface area contributed by atoms with Crippen LogP contribution in [-0.2, 0) is 9.59 Å². The van der Waals surface area contributed by atoms with E-state index in [1.165, 1.54) is 4.90 Å². The molecule has 4 rings (SSSR count). The van der Waals surface area contributed by atoms with E-state index in [4.69, 9.17) is 4.74 Å². The monoisotopic (exact) mass is 392 g/mol. The molecular weight excluding hydrogens is 368 g/mol. The third-order valence-electron chi connectivity index (χ3n) is 5.40. The maximum atomic E-state index is 13.1. The summed E-state index contributed by atoms with van der Waals surface area (Å²) in [6.45, 7) is 3.84. The number of hydrogen-bond donors (Lipinski definition) is 1. The Balaban J connectivity index is 1.83. The average Bonchev–Trinajstić information content (AvgIpc) is 3.20. The summed E-state index contributed by atoms with van der Waals surface area (Å²) in [5, 5.41) is 4.19. The van der Waals surface area contributed by atoms with E-state index in [1.54, 1.807) is 6.08 Å². The fourth-order valence-electron chi connectivity index (χ4n) is 4.09. The van der Waals surface area contributed by atoms with Gasteiger partial charge in [-0.3, -0.25) is 19.8 Å². The lowest BCUT2D eigenvalue weighted by Crippen LogP contribution is -2.57. The van der Waals surface area contributed by atoms with Gasteiger partial charge in [0, 0.05) is 11.6 Å². The van der Waals surface area contributed by atoms with E-state index in [0.717, 1.165) is 36.5 Å². The number of nitrogens with zero attached hydrogens (tertiary/aromatic N) is 1. The molecule has 0 bridgehead atoms. The molecule has 0 aromatic heterocycles. The largest absolute Gasteiger partial charge is 0.490 e. The molecule has 0 radical (unpaired) electrons. The lowest BCUT2D eigenvalue weighted by atomic mass is 9.99. The highest BCUT2D eigenvalue weighted by molar-refractivity contribution is 6.31. The van der Waals surface area contributed by atoms with Crippen molar-refractivity contribution in [2.24, 2.45) is 0 Å². The minimum Gasteiger partial charge on any atom is -0.490 e. The first kappa shape index (κ1) is 19.2. The zero-order chi connectivity index (χ0) is 20.5. The van der Waals surface area contributed by atoms with Gasteiger partial charge in [0.05, 0.1) is 6.10 Å². The van der Waals surface area contributed by atoms with Crippen LogP contribution in [0.3, 0.4) is 0 Å². The SMILES string of the molecule is CC(C)Oc1ccc2ccccc2c1/C=C1\C(=O)NC(=O)N(C2CCCC2)C1=O. The molecule has 2 fully saturated rings. The van der Waals surface area contributed by atoms with E-state index >= 15 is 0 Å². The summed E-state index contributed by atoms with van der Waals surface area (Å²) in [7, 11) is 0. The van der Waals surface area contributed by atoms with Crippen LogP contribution >= 0.6 is 0 Å². The second kappa shape index (κ2) is 7.70. The highest BCUT2D eigenvalue weighted by Crippen LogP contribution is 2.33. The molecule has 1 saturated carbocycles. The van der Waals surface area contributed by atoms with E-state index in [2.05, 4.69) is 5.32 Å². The lowest BCUT2D eigenvalue weighted by Gasteiger charge is -2.31. The molecule has 6 nitrogen and oxygen atoms in total. The number of carbonyl (C=O) groups is 3. The Bertz CT molecular complexity index is 1020. The zero-order valence-corrected chi connectivity index (χ0v) is 16.6. The molecule has 1 aliphatic carbocycles. The van der Waals surface area contributed by atoms with E-state index < -0.39 is 17.8 Å². The van der Waals surface area contributed by atoms with E-state index in [0.29, 0.717) is 11.3 Å². The van der Waals surface area contributed by atoms with Gasteiger partial charge in [-0.2, -0.15) is 0 Å². The molecule has 1 saturated heterocycles. The first-order valence-corrected chi connectivity index (χ1v) is 10.0. The topological polar surface area (TPSA) is 75.7 Å². The maximum absolute atomic E-state index is 13.1. The Morgan fingerprint density at radius 2 is 1.79 bits per heavy atom. The fraction of sp³-hybridized carbons (Fsp3) is 0.348. The van der Waals surface area contributed by atoms with Crippen molar-refractivity contribution >= 4 is 34.7 Å². The van der Waals surface area contributed by atoms with Crippen LogP contribution in [0.4, 0.5) is 4.79 Å². The number of barbiturate groups is 1. The predicted octanol–water partition coefficient (Wildman–Crippen LogP) is 4.03. The van der Waals surface area contributed by atoms with Crippen molar-refractivity contribution < 1.29 is 19.1 Å². The number of ether oxygens (including phenoxy) is 1. The zero-order valence-electron chi connectivity index (χ0n) is 16.6. The maximum Gasteiger partial charge on any atom is 0.331 e. The minimum atomic E-state index is -0.669. The summed E-state index contributed by atoms with van der Waals surface area (Å²) in [5.74, 6) is -0.608. The number of urea groups is 1. The van der Waals surface area contributed by atoms with Crippen molar-refractivity contribution in [3.63, 3.8) is 0 Å². The minimum absolute atomic E-state index is 0.0403. The quantitative estimate of drug-likeness (QED) is 0.630. The normalized spacial score (nSPS) is 19.5. The van der Waals surface area contributed by atoms with Gasteiger partial charge in [0.1, 0.15) is 11.3 Å². The van der Waals surface area contributed by atoms with Crippen LogP contribution in [0.2, 0.25) is 0 Å². The summed E-state index contributed by atoms with van der Waals surface area (Å²) in [6.07, 6.45) is 4.99. The molecule has 4 amide bonds. The van der Waals surface area contributed by atoms with Gasteiger partial charge in [-0.15, -0.1) is 0 Å². The van der Waals surface area contributed by atoms with Crippen LogP contribution in [0.1, 0.15) is 45.1 Å². The van der Waals surface area contributed by atoms with Gasteiger partial charge in [-0.05, 0) is 49.6 Å². The number of nitrogens with one attached hydrogen (secondary N) is 1. The van der Waals surface area contributed by atoms with Gasteiger partial charge in [0.25, 0.3) is 11.8 Å². The van der Waals surface area contributed by atoms with Crippen LogP contribution in [0, 0.1) is 0 Å². The summed E-state index contributed by atoms with van der Waals surface area (Å²) in [4.78, 5) is 39.3. The van der Waals surface area contributed by atoms with Crippen LogP contribution in [0.15, 0.2) is 42.0 Å². The number of carbonyl (C=O) groups excluding carboxylic acids is 3. The van der Waals surface area contributed by atoms with Gasteiger partial charge in [0.2, 0.25) is 0 Å². The second-order valence-electron chi connectivity index (χ2n) is 7.80. The van der Waals surface area contributed by atoms with Gasteiger partial charge in [-0.1, -0.05) is 43.2 Å². The Labute approximate surface area is 169 Å². The number of hydrogen-bond acceptors (Lipinski definition) is 4. The molecule has 29 heavy (non-hydrogen) atoms. The molecule has 1 N–H and O–H groups in total. The molecule has 0 spiro atoms. The fourth-order valence-corrected chi connectivity index (χ4v) is 4.09. The van der Waals surface area contributed by atoms with Crippen LogP contribution < -0.4 is 10.1 Å². The number of fused-ring (bicyclic) bond motifs is 1. The highest BCUT2D eigenvalue weighted by atomic mass is 16.5. The standard InChI is InChI=1S/C23H24N2O4/c1-14(2)29-20-12-11-15-7-3-6-10-17(15)18(20)13-19-21(26)24-23(28)25(22(19)27)16-8-4-5-9-16/h3,6-7,10-14,16H,4-5,8-9H2,1-2H3,(H,24,26,28)/b19-13+. The highest BCUT2D eigenvalue weighted by Gasteiger charge is 2.40. The van der Waals surface area contributed by atoms with Gasteiger partial charge >= 0.3 is 6.03 Å². The van der Waals surface area contributed by atoms with Crippen LogP contribution in [-0.4, -0.2) is 34.9 Å². The van der Waals surface area contributed by atoms with E-state index in [-0.39, 0.29) is 17.7 Å². The second-order valence-corrected chi connectivity index (χ2v) is 7.80. The van der Waals surface area contributed by atoms with Crippen molar-refractivity contribution in [1.29, 1.82) is 0 Å². The van der Waals surface area contributed by atoms with Gasteiger partial charge < -0.3 is 4.74 Å². The van der Waals surface area contributed by atoms with Crippen molar-refractivity contribution in [2.75, 3.05) is 0 Å². The molecule has 0 atom stereocenters. The van der Waals surface area contributed by atoms with Crippen molar-refractivity contribution in [1.82, 2.24) is 10.2 Å². The number of imide groups is 2. The lowest BCUT2D eigenvalue weighted by molar-refractivity contribution is -0.131. The third-order valence-corrected chi connectivity index (χ3v) is 5.40. The smallest absolute Gasteiger partial charge is 0.331 e. The Morgan fingerprint density at radius 3 is 2.52 bits per heavy atom. The Hall–Kier alpha value is -3.15. The van der Waals surface area contributed by atoms with Gasteiger partial charge in [0.15, 0.2) is 0 Å². The van der Waals surface area contributed by atoms with Crippen LogP contribution in [0.5, 0.6) is 5.75 Å². The van der Waals surface area contributed by atoms with E-state index in [1.807, 2.05) is 50.2 Å². The van der Waals surface area contributed by atoms with Crippen molar-refractivity contribution in [2.45, 2.75) is 51.7 Å². The predicted molar refractivity (Wildman–Crippen MR) is 110 cm³/mol. The number of amides is 4. The molecule has 150 valence electrons. The molecule has 1 aliphatic heterocycles. The molecule has 0 unspecified atom stereocenters. The summed E-state index contributed by atoms with van der Waals surface area (Å²) in [6, 6.07) is 10.8. The first-order chi connectivity index (χ1) is 14.0. The molecule has 2 aliphatic rings. The summed E-state index contributed by atoms with van der Waals surface area (Å²) in [5.41, 5.74) is 0.623. The molecule has 6 heteroatoms.